The Kier molecular flexibility index (Phi) is 5.59. The molecule has 0 spiro atoms. The van der Waals surface area contributed by atoms with Gasteiger partial charge in [-0.2, -0.15) is 0 Å². The van der Waals surface area contributed by atoms with Crippen molar-refractivity contribution in [2.45, 2.75) is 38.9 Å². The Bertz CT molecular complexity index is 661. The van der Waals surface area contributed by atoms with Crippen molar-refractivity contribution < 1.29 is 24.9 Å². The Balaban J connectivity index is 2.15. The molecule has 0 fully saturated rings. The number of ether oxygens (including phenoxy) is 1. The quantitative estimate of drug-likeness (QED) is 0.670. The molecule has 1 aliphatic heterocycles. The number of fused-ring (bicyclic) bond motifs is 1. The molecule has 0 bridgehead atoms. The maximum Gasteiger partial charge on any atom is 0.190 e. The molecule has 3 atom stereocenters. The van der Waals surface area contributed by atoms with Crippen LogP contribution in [-0.4, -0.2) is 39.4 Å². The van der Waals surface area contributed by atoms with Crippen LogP contribution in [0.2, 0.25) is 0 Å². The summed E-state index contributed by atoms with van der Waals surface area (Å²) in [4.78, 5) is 11.9. The fraction of sp³-hybridized carbons (Fsp3) is 0.421. The van der Waals surface area contributed by atoms with Crippen molar-refractivity contribution >= 4 is 5.78 Å². The first-order chi connectivity index (χ1) is 11.3. The highest BCUT2D eigenvalue weighted by atomic mass is 16.5. The Morgan fingerprint density at radius 2 is 2.17 bits per heavy atom. The van der Waals surface area contributed by atoms with Gasteiger partial charge in [-0.1, -0.05) is 24.6 Å². The third-order valence-corrected chi connectivity index (χ3v) is 4.21. The Labute approximate surface area is 142 Å². The van der Waals surface area contributed by atoms with Gasteiger partial charge in [0.05, 0.1) is 6.26 Å². The number of allylic oxidation sites excluding steroid dienone is 5. The molecule has 0 aromatic carbocycles. The van der Waals surface area contributed by atoms with Crippen molar-refractivity contribution in [3.8, 4) is 0 Å². The van der Waals surface area contributed by atoms with E-state index in [0.29, 0.717) is 23.3 Å². The van der Waals surface area contributed by atoms with Gasteiger partial charge in [0.2, 0.25) is 0 Å². The van der Waals surface area contributed by atoms with Gasteiger partial charge in [0.25, 0.3) is 0 Å². The average Bonchev–Trinajstić information content (AvgIpc) is 2.51. The summed E-state index contributed by atoms with van der Waals surface area (Å²) in [6, 6.07) is 0. The molecule has 1 heterocycles. The molecule has 3 N–H and O–H groups in total. The summed E-state index contributed by atoms with van der Waals surface area (Å²) in [5.41, 5.74) is 0.134. The molecule has 0 radical (unpaired) electrons. The lowest BCUT2D eigenvalue weighted by Gasteiger charge is -2.34. The molecule has 1 aliphatic carbocycles. The van der Waals surface area contributed by atoms with E-state index >= 15 is 0 Å². The molecule has 0 saturated heterocycles. The summed E-state index contributed by atoms with van der Waals surface area (Å²) in [5.74, 6) is 0.287. The molecule has 0 aromatic heterocycles. The number of aliphatic hydroxyl groups is 3. The second-order valence-electron chi connectivity index (χ2n) is 6.49. The van der Waals surface area contributed by atoms with Crippen molar-refractivity contribution in [2.24, 2.45) is 5.92 Å². The molecule has 130 valence electrons. The number of rotatable bonds is 5. The van der Waals surface area contributed by atoms with E-state index in [-0.39, 0.29) is 12.5 Å². The van der Waals surface area contributed by atoms with E-state index in [1.54, 1.807) is 12.2 Å². The Hall–Kier alpha value is -1.95. The molecule has 0 unspecified atom stereocenters. The predicted molar refractivity (Wildman–Crippen MR) is 90.7 cm³/mol. The summed E-state index contributed by atoms with van der Waals surface area (Å²) in [5, 5.41) is 29.1. The van der Waals surface area contributed by atoms with Crippen molar-refractivity contribution in [3.63, 3.8) is 0 Å². The Morgan fingerprint density at radius 3 is 2.83 bits per heavy atom. The van der Waals surface area contributed by atoms with E-state index in [0.717, 1.165) is 5.57 Å². The molecule has 0 amide bonds. The fourth-order valence-electron chi connectivity index (χ4n) is 2.63. The summed E-state index contributed by atoms with van der Waals surface area (Å²) in [7, 11) is 0. The summed E-state index contributed by atoms with van der Waals surface area (Å²) < 4.78 is 5.47. The fourth-order valence-corrected chi connectivity index (χ4v) is 2.63. The standard InChI is InChI=1S/C19H24O5/c1-12(8-13(2)6-7-20)4-5-15-9-14-10-17(21)19(3,23)18(22)16(14)11-24-15/h4-5,8-11,13,18,20,22-23H,6-7H2,1-3H3/b5-4+,12-8-/t13-,18+,19+/m0/s1. The average molecular weight is 332 g/mol. The van der Waals surface area contributed by atoms with E-state index in [9.17, 15) is 15.0 Å². The van der Waals surface area contributed by atoms with Crippen LogP contribution in [0.1, 0.15) is 27.2 Å². The monoisotopic (exact) mass is 332 g/mol. The first kappa shape index (κ1) is 18.4. The topological polar surface area (TPSA) is 87.0 Å². The maximum absolute atomic E-state index is 11.9. The van der Waals surface area contributed by atoms with Gasteiger partial charge in [0, 0.05) is 12.2 Å². The normalized spacial score (nSPS) is 28.8. The van der Waals surface area contributed by atoms with Gasteiger partial charge in [-0.05, 0) is 50.0 Å². The first-order valence-corrected chi connectivity index (χ1v) is 7.98. The maximum atomic E-state index is 11.9. The van der Waals surface area contributed by atoms with Gasteiger partial charge < -0.3 is 20.1 Å². The number of carbonyl (C=O) groups excluding carboxylic acids is 1. The zero-order valence-corrected chi connectivity index (χ0v) is 14.2. The minimum Gasteiger partial charge on any atom is -0.465 e. The lowest BCUT2D eigenvalue weighted by molar-refractivity contribution is -0.140. The van der Waals surface area contributed by atoms with Crippen LogP contribution in [0.4, 0.5) is 0 Å². The van der Waals surface area contributed by atoms with Crippen molar-refractivity contribution in [1.82, 2.24) is 0 Å². The molecule has 5 nitrogen and oxygen atoms in total. The second-order valence-corrected chi connectivity index (χ2v) is 6.49. The number of hydrogen-bond donors (Lipinski definition) is 3. The molecule has 2 rings (SSSR count). The van der Waals surface area contributed by atoms with Crippen LogP contribution >= 0.6 is 0 Å². The largest absolute Gasteiger partial charge is 0.465 e. The van der Waals surface area contributed by atoms with E-state index < -0.39 is 17.5 Å². The van der Waals surface area contributed by atoms with Crippen LogP contribution in [-0.2, 0) is 9.53 Å². The molecule has 2 aliphatic rings. The van der Waals surface area contributed by atoms with Crippen molar-refractivity contribution in [1.29, 1.82) is 0 Å². The molecular weight excluding hydrogens is 308 g/mol. The number of carbonyl (C=O) groups is 1. The SMILES string of the molecule is CC(=C/[C@@H](C)CCO)/C=C/C1=CC2=CC(=O)[C@@](C)(O)[C@H](O)C2=CO1. The molecule has 0 saturated carbocycles. The van der Waals surface area contributed by atoms with Crippen LogP contribution in [0.5, 0.6) is 0 Å². The summed E-state index contributed by atoms with van der Waals surface area (Å²) >= 11 is 0. The third kappa shape index (κ3) is 3.93. The summed E-state index contributed by atoms with van der Waals surface area (Å²) in [6.07, 6.45) is 9.46. The molecule has 0 aromatic rings. The van der Waals surface area contributed by atoms with Crippen LogP contribution in [0.25, 0.3) is 0 Å². The second kappa shape index (κ2) is 7.30. The zero-order chi connectivity index (χ0) is 17.9. The van der Waals surface area contributed by atoms with Crippen LogP contribution in [0.3, 0.4) is 0 Å². The van der Waals surface area contributed by atoms with Gasteiger partial charge in [-0.25, -0.2) is 0 Å². The zero-order valence-electron chi connectivity index (χ0n) is 14.2. The minimum atomic E-state index is -1.83. The predicted octanol–water partition coefficient (Wildman–Crippen LogP) is 1.93. The van der Waals surface area contributed by atoms with Crippen LogP contribution in [0.15, 0.2) is 59.1 Å². The highest BCUT2D eigenvalue weighted by Crippen LogP contribution is 2.34. The lowest BCUT2D eigenvalue weighted by Crippen LogP contribution is -2.50. The van der Waals surface area contributed by atoms with Crippen LogP contribution in [0, 0.1) is 5.92 Å². The van der Waals surface area contributed by atoms with Gasteiger partial charge >= 0.3 is 0 Å². The molecular formula is C19H24O5. The van der Waals surface area contributed by atoms with Gasteiger partial charge in [0.1, 0.15) is 11.9 Å². The van der Waals surface area contributed by atoms with E-state index in [1.165, 1.54) is 19.3 Å². The van der Waals surface area contributed by atoms with Gasteiger partial charge in [-0.15, -0.1) is 0 Å². The number of hydrogen-bond acceptors (Lipinski definition) is 5. The van der Waals surface area contributed by atoms with Crippen LogP contribution < -0.4 is 0 Å². The smallest absolute Gasteiger partial charge is 0.190 e. The van der Waals surface area contributed by atoms with E-state index in [2.05, 4.69) is 6.08 Å². The third-order valence-electron chi connectivity index (χ3n) is 4.21. The van der Waals surface area contributed by atoms with Crippen molar-refractivity contribution in [3.05, 3.63) is 59.1 Å². The summed E-state index contributed by atoms with van der Waals surface area (Å²) in [6.45, 7) is 5.43. The van der Waals surface area contributed by atoms with E-state index in [1.807, 2.05) is 19.9 Å². The van der Waals surface area contributed by atoms with Crippen molar-refractivity contribution in [2.75, 3.05) is 6.61 Å². The van der Waals surface area contributed by atoms with Gasteiger partial charge in [-0.3, -0.25) is 4.79 Å². The molecule has 5 heteroatoms. The first-order valence-electron chi connectivity index (χ1n) is 7.98. The lowest BCUT2D eigenvalue weighted by atomic mass is 9.79. The minimum absolute atomic E-state index is 0.158. The highest BCUT2D eigenvalue weighted by molar-refractivity contribution is 6.01. The van der Waals surface area contributed by atoms with Gasteiger partial charge in [0.15, 0.2) is 11.4 Å². The molecule has 24 heavy (non-hydrogen) atoms. The highest BCUT2D eigenvalue weighted by Gasteiger charge is 2.44. The number of ketones is 1. The van der Waals surface area contributed by atoms with E-state index in [4.69, 9.17) is 9.84 Å². The number of aliphatic hydroxyl groups excluding tert-OH is 2. The Morgan fingerprint density at radius 1 is 1.46 bits per heavy atom.